The van der Waals surface area contributed by atoms with E-state index in [4.69, 9.17) is 5.11 Å². The maximum atomic E-state index is 13.9. The zero-order chi connectivity index (χ0) is 22.7. The van der Waals surface area contributed by atoms with E-state index in [0.29, 0.717) is 24.2 Å². The summed E-state index contributed by atoms with van der Waals surface area (Å²) in [6.45, 7) is 0.929. The van der Waals surface area contributed by atoms with Crippen molar-refractivity contribution in [3.8, 4) is 10.4 Å². The average Bonchev–Trinajstić information content (AvgIpc) is 3.20. The summed E-state index contributed by atoms with van der Waals surface area (Å²) in [6.07, 6.45) is 0.441. The number of nitrogens with one attached hydrogen (secondary N) is 1. The summed E-state index contributed by atoms with van der Waals surface area (Å²) in [5.41, 5.74) is 1.55. The van der Waals surface area contributed by atoms with Gasteiger partial charge in [0.2, 0.25) is 0 Å². The van der Waals surface area contributed by atoms with Crippen LogP contribution in [0.5, 0.6) is 0 Å². The highest BCUT2D eigenvalue weighted by Crippen LogP contribution is 2.43. The minimum atomic E-state index is -4.37. The van der Waals surface area contributed by atoms with E-state index in [2.05, 4.69) is 5.32 Å². The molecule has 3 aromatic rings. The molecule has 1 aliphatic carbocycles. The number of carbonyl (C=O) groups is 1. The van der Waals surface area contributed by atoms with Crippen molar-refractivity contribution >= 4 is 27.4 Å². The first-order valence-electron chi connectivity index (χ1n) is 11.0. The van der Waals surface area contributed by atoms with Gasteiger partial charge in [-0.15, -0.1) is 11.3 Å². The smallest absolute Gasteiger partial charge is 0.416 e. The summed E-state index contributed by atoms with van der Waals surface area (Å²) in [5, 5.41) is 12.8. The lowest BCUT2D eigenvalue weighted by atomic mass is 9.81. The summed E-state index contributed by atoms with van der Waals surface area (Å²) in [6, 6.07) is 12.7. The molecule has 0 radical (unpaired) electrons. The Morgan fingerprint density at radius 2 is 1.84 bits per heavy atom. The molecule has 2 aromatic carbocycles. The van der Waals surface area contributed by atoms with E-state index in [1.807, 2.05) is 30.3 Å². The molecule has 0 spiro atoms. The molecule has 1 fully saturated rings. The highest BCUT2D eigenvalue weighted by molar-refractivity contribution is 7.22. The van der Waals surface area contributed by atoms with Crippen LogP contribution in [0.15, 0.2) is 42.5 Å². The highest BCUT2D eigenvalue weighted by Gasteiger charge is 2.36. The molecular weight excluding hydrogens is 435 g/mol. The van der Waals surface area contributed by atoms with E-state index < -0.39 is 17.7 Å². The van der Waals surface area contributed by atoms with E-state index in [9.17, 15) is 18.0 Å². The quantitative estimate of drug-likeness (QED) is 0.366. The number of carboxylic acids is 1. The first-order chi connectivity index (χ1) is 15.3. The molecule has 0 amide bonds. The number of hydrogen-bond donors (Lipinski definition) is 2. The van der Waals surface area contributed by atoms with E-state index in [1.165, 1.54) is 17.4 Å². The number of rotatable bonds is 7. The number of aliphatic carboxylic acids is 1. The summed E-state index contributed by atoms with van der Waals surface area (Å²) in [5.74, 6) is -0.851. The lowest BCUT2D eigenvalue weighted by Gasteiger charge is -2.25. The van der Waals surface area contributed by atoms with Gasteiger partial charge in [0, 0.05) is 22.7 Å². The van der Waals surface area contributed by atoms with Crippen LogP contribution in [0.25, 0.3) is 20.5 Å². The lowest BCUT2D eigenvalue weighted by molar-refractivity contribution is -0.138. The summed E-state index contributed by atoms with van der Waals surface area (Å²) >= 11 is 1.49. The van der Waals surface area contributed by atoms with E-state index in [1.54, 1.807) is 6.07 Å². The normalized spacial score (nSPS) is 15.3. The molecule has 0 saturated heterocycles. The maximum absolute atomic E-state index is 13.9. The van der Waals surface area contributed by atoms with Crippen molar-refractivity contribution in [2.75, 3.05) is 6.54 Å². The second-order valence-electron chi connectivity index (χ2n) is 8.44. The van der Waals surface area contributed by atoms with Crippen LogP contribution >= 0.6 is 11.3 Å². The topological polar surface area (TPSA) is 49.3 Å². The first-order valence-corrected chi connectivity index (χ1v) is 11.8. The Morgan fingerprint density at radius 3 is 2.56 bits per heavy atom. The van der Waals surface area contributed by atoms with E-state index in [0.717, 1.165) is 52.6 Å². The van der Waals surface area contributed by atoms with Crippen molar-refractivity contribution in [2.24, 2.45) is 0 Å². The van der Waals surface area contributed by atoms with Gasteiger partial charge in [-0.1, -0.05) is 37.5 Å². The van der Waals surface area contributed by atoms with Gasteiger partial charge in [-0.05, 0) is 65.1 Å². The third-order valence-electron chi connectivity index (χ3n) is 6.11. The number of benzene rings is 2. The van der Waals surface area contributed by atoms with Crippen LogP contribution < -0.4 is 5.32 Å². The monoisotopic (exact) mass is 461 g/mol. The molecule has 170 valence electrons. The van der Waals surface area contributed by atoms with Crippen LogP contribution in [0, 0.1) is 0 Å². The van der Waals surface area contributed by atoms with Crippen molar-refractivity contribution in [2.45, 2.75) is 57.2 Å². The Balaban J connectivity index is 1.59. The highest BCUT2D eigenvalue weighted by atomic mass is 32.1. The lowest BCUT2D eigenvalue weighted by Crippen LogP contribution is -2.17. The third kappa shape index (κ3) is 5.33. The van der Waals surface area contributed by atoms with Crippen molar-refractivity contribution < 1.29 is 23.1 Å². The number of fused-ring (bicyclic) bond motifs is 1. The second kappa shape index (κ2) is 9.63. The second-order valence-corrected chi connectivity index (χ2v) is 9.52. The van der Waals surface area contributed by atoms with Crippen molar-refractivity contribution in [3.63, 3.8) is 0 Å². The largest absolute Gasteiger partial charge is 0.481 e. The molecule has 1 saturated carbocycles. The molecule has 1 aliphatic rings. The van der Waals surface area contributed by atoms with Crippen LogP contribution in [-0.2, 0) is 17.5 Å². The van der Waals surface area contributed by atoms with Gasteiger partial charge in [0.05, 0.1) is 12.0 Å². The van der Waals surface area contributed by atoms with Gasteiger partial charge in [0.1, 0.15) is 0 Å². The number of halogens is 3. The van der Waals surface area contributed by atoms with E-state index in [-0.39, 0.29) is 12.3 Å². The summed E-state index contributed by atoms with van der Waals surface area (Å²) in [7, 11) is 0. The predicted octanol–water partition coefficient (Wildman–Crippen LogP) is 7.20. The standard InChI is InChI=1S/C25H26F3NO2S/c26-25(27,28)21-13-18(7-8-20(21)17-4-2-1-3-5-17)23-14-19-12-16(6-9-22(19)32-23)15-29-11-10-24(30)31/h6-9,12-14,17,29H,1-5,10-11,15H2,(H,30,31). The maximum Gasteiger partial charge on any atom is 0.416 e. The Bertz CT molecular complexity index is 1100. The SMILES string of the molecule is O=C(O)CCNCc1ccc2sc(-c3ccc(C4CCCCC4)c(C(F)(F)F)c3)cc2c1. The number of carboxylic acid groups (broad SMARTS) is 1. The molecule has 32 heavy (non-hydrogen) atoms. The fourth-order valence-electron chi connectivity index (χ4n) is 4.50. The van der Waals surface area contributed by atoms with Crippen LogP contribution in [0.3, 0.4) is 0 Å². The number of thiophene rings is 1. The first kappa shape index (κ1) is 22.8. The molecule has 1 heterocycles. The molecule has 0 aliphatic heterocycles. The van der Waals surface area contributed by atoms with Crippen molar-refractivity contribution in [1.82, 2.24) is 5.32 Å². The van der Waals surface area contributed by atoms with Gasteiger partial charge in [-0.3, -0.25) is 4.79 Å². The van der Waals surface area contributed by atoms with Crippen molar-refractivity contribution in [1.29, 1.82) is 0 Å². The molecule has 7 heteroatoms. The summed E-state index contributed by atoms with van der Waals surface area (Å²) < 4.78 is 42.8. The molecule has 0 bridgehead atoms. The van der Waals surface area contributed by atoms with Crippen LogP contribution in [0.1, 0.15) is 61.1 Å². The average molecular weight is 462 g/mol. The van der Waals surface area contributed by atoms with Gasteiger partial charge < -0.3 is 10.4 Å². The zero-order valence-electron chi connectivity index (χ0n) is 17.7. The Hall–Kier alpha value is -2.38. The Morgan fingerprint density at radius 1 is 1.06 bits per heavy atom. The molecule has 0 atom stereocenters. The Labute approximate surface area is 189 Å². The molecular formula is C25H26F3NO2S. The minimum Gasteiger partial charge on any atom is -0.481 e. The molecule has 2 N–H and O–H groups in total. The molecule has 3 nitrogen and oxygen atoms in total. The van der Waals surface area contributed by atoms with Gasteiger partial charge >= 0.3 is 12.1 Å². The van der Waals surface area contributed by atoms with Crippen LogP contribution in [0.4, 0.5) is 13.2 Å². The van der Waals surface area contributed by atoms with E-state index >= 15 is 0 Å². The fraction of sp³-hybridized carbons (Fsp3) is 0.400. The fourth-order valence-corrected chi connectivity index (χ4v) is 5.54. The van der Waals surface area contributed by atoms with Gasteiger partial charge in [0.15, 0.2) is 0 Å². The van der Waals surface area contributed by atoms with Crippen molar-refractivity contribution in [3.05, 3.63) is 59.2 Å². The number of alkyl halides is 3. The molecule has 1 aromatic heterocycles. The van der Waals surface area contributed by atoms with Gasteiger partial charge in [-0.25, -0.2) is 0 Å². The number of hydrogen-bond acceptors (Lipinski definition) is 3. The van der Waals surface area contributed by atoms with Crippen LogP contribution in [-0.4, -0.2) is 17.6 Å². The van der Waals surface area contributed by atoms with Crippen LogP contribution in [0.2, 0.25) is 0 Å². The minimum absolute atomic E-state index is 0.00646. The summed E-state index contributed by atoms with van der Waals surface area (Å²) in [4.78, 5) is 11.4. The zero-order valence-corrected chi connectivity index (χ0v) is 18.5. The van der Waals surface area contributed by atoms with Gasteiger partial charge in [-0.2, -0.15) is 13.2 Å². The van der Waals surface area contributed by atoms with Gasteiger partial charge in [0.25, 0.3) is 0 Å². The Kier molecular flexibility index (Phi) is 6.86. The molecule has 4 rings (SSSR count). The third-order valence-corrected chi connectivity index (χ3v) is 7.28. The predicted molar refractivity (Wildman–Crippen MR) is 122 cm³/mol. The molecule has 0 unspecified atom stereocenters.